The fourth-order valence-electron chi connectivity index (χ4n) is 2.30. The van der Waals surface area contributed by atoms with E-state index in [-0.39, 0.29) is 5.97 Å². The van der Waals surface area contributed by atoms with Crippen LogP contribution in [0, 0.1) is 0 Å². The molecule has 0 saturated heterocycles. The lowest BCUT2D eigenvalue weighted by Crippen LogP contribution is -2.49. The zero-order valence-corrected chi connectivity index (χ0v) is 11.0. The van der Waals surface area contributed by atoms with E-state index in [9.17, 15) is 4.79 Å². The molecule has 98 valence electrons. The van der Waals surface area contributed by atoms with Gasteiger partial charge >= 0.3 is 5.97 Å². The van der Waals surface area contributed by atoms with Crippen LogP contribution < -0.4 is 5.32 Å². The summed E-state index contributed by atoms with van der Waals surface area (Å²) in [5, 5.41) is 3.58. The first kappa shape index (κ1) is 13.0. The van der Waals surface area contributed by atoms with Gasteiger partial charge in [0.15, 0.2) is 0 Å². The van der Waals surface area contributed by atoms with Crippen LogP contribution >= 0.6 is 0 Å². The van der Waals surface area contributed by atoms with Gasteiger partial charge in [0.2, 0.25) is 0 Å². The van der Waals surface area contributed by atoms with Crippen molar-refractivity contribution >= 4 is 5.97 Å². The van der Waals surface area contributed by atoms with Gasteiger partial charge in [-0.15, -0.1) is 0 Å². The summed E-state index contributed by atoms with van der Waals surface area (Å²) < 4.78 is 4.64. The highest BCUT2D eigenvalue weighted by Crippen LogP contribution is 2.34. The number of nitrogens with zero attached hydrogens (tertiary/aromatic N) is 1. The molecular formula is C14H20N2O2. The van der Waals surface area contributed by atoms with E-state index in [1.165, 1.54) is 26.4 Å². The molecule has 4 heteroatoms. The summed E-state index contributed by atoms with van der Waals surface area (Å²) in [6, 6.07) is 3.64. The molecule has 1 heterocycles. The Hall–Kier alpha value is -1.42. The molecule has 1 aliphatic carbocycles. The number of esters is 1. The van der Waals surface area contributed by atoms with E-state index in [1.807, 2.05) is 6.07 Å². The van der Waals surface area contributed by atoms with E-state index in [0.717, 1.165) is 18.7 Å². The normalized spacial score (nSPS) is 17.0. The van der Waals surface area contributed by atoms with Crippen LogP contribution in [0.25, 0.3) is 0 Å². The zero-order valence-electron chi connectivity index (χ0n) is 11.0. The Balaban J connectivity index is 1.92. The highest BCUT2D eigenvalue weighted by molar-refractivity contribution is 5.88. The van der Waals surface area contributed by atoms with Gasteiger partial charge in [-0.1, -0.05) is 6.92 Å². The van der Waals surface area contributed by atoms with Gasteiger partial charge in [0.05, 0.1) is 18.4 Å². The second-order valence-electron chi connectivity index (χ2n) is 4.87. The van der Waals surface area contributed by atoms with Crippen molar-refractivity contribution < 1.29 is 9.53 Å². The molecule has 1 aromatic heterocycles. The summed E-state index contributed by atoms with van der Waals surface area (Å²) in [6.07, 6.45) is 6.55. The van der Waals surface area contributed by atoms with Crippen LogP contribution in [0.2, 0.25) is 0 Å². The minimum atomic E-state index is -0.342. The first-order valence-electron chi connectivity index (χ1n) is 6.47. The van der Waals surface area contributed by atoms with Crippen LogP contribution in [0.1, 0.15) is 48.7 Å². The molecule has 0 unspecified atom stereocenters. The Bertz CT molecular complexity index is 405. The van der Waals surface area contributed by atoms with Crippen LogP contribution in [0.5, 0.6) is 0 Å². The van der Waals surface area contributed by atoms with Crippen molar-refractivity contribution in [2.75, 3.05) is 7.11 Å². The predicted octanol–water partition coefficient (Wildman–Crippen LogP) is 2.29. The summed E-state index contributed by atoms with van der Waals surface area (Å²) in [6.45, 7) is 2.98. The fraction of sp³-hybridized carbons (Fsp3) is 0.571. The van der Waals surface area contributed by atoms with E-state index in [2.05, 4.69) is 22.0 Å². The monoisotopic (exact) mass is 248 g/mol. The molecule has 1 fully saturated rings. The molecule has 1 aliphatic rings. The molecule has 0 radical (unpaired) electrons. The van der Waals surface area contributed by atoms with E-state index in [0.29, 0.717) is 11.1 Å². The van der Waals surface area contributed by atoms with Crippen molar-refractivity contribution in [3.05, 3.63) is 29.6 Å². The number of hydrogen-bond acceptors (Lipinski definition) is 4. The lowest BCUT2D eigenvalue weighted by molar-refractivity contribution is 0.0600. The van der Waals surface area contributed by atoms with Gasteiger partial charge in [0.1, 0.15) is 0 Å². The average Bonchev–Trinajstić information content (AvgIpc) is 2.38. The SMILES string of the molecule is CCC1(NCc2ccc(C(=O)OC)cn2)CCC1. The predicted molar refractivity (Wildman–Crippen MR) is 69.3 cm³/mol. The molecule has 0 bridgehead atoms. The van der Waals surface area contributed by atoms with Crippen molar-refractivity contribution in [1.29, 1.82) is 0 Å². The van der Waals surface area contributed by atoms with Crippen molar-refractivity contribution in [3.8, 4) is 0 Å². The first-order chi connectivity index (χ1) is 8.69. The van der Waals surface area contributed by atoms with Gasteiger partial charge in [-0.05, 0) is 37.8 Å². The van der Waals surface area contributed by atoms with Crippen LogP contribution in [-0.2, 0) is 11.3 Å². The summed E-state index contributed by atoms with van der Waals surface area (Å²) in [5.74, 6) is -0.342. The average molecular weight is 248 g/mol. The largest absolute Gasteiger partial charge is 0.465 e. The Morgan fingerprint density at radius 2 is 2.28 bits per heavy atom. The second-order valence-corrected chi connectivity index (χ2v) is 4.87. The molecular weight excluding hydrogens is 228 g/mol. The third-order valence-electron chi connectivity index (χ3n) is 3.88. The molecule has 0 aliphatic heterocycles. The van der Waals surface area contributed by atoms with E-state index >= 15 is 0 Å². The van der Waals surface area contributed by atoms with Gasteiger partial charge in [-0.25, -0.2) is 4.79 Å². The maximum atomic E-state index is 11.3. The zero-order chi connectivity index (χ0) is 13.0. The summed E-state index contributed by atoms with van der Waals surface area (Å²) >= 11 is 0. The van der Waals surface area contributed by atoms with Crippen molar-refractivity contribution in [1.82, 2.24) is 10.3 Å². The summed E-state index contributed by atoms with van der Waals surface area (Å²) in [4.78, 5) is 15.5. The minimum absolute atomic E-state index is 0.322. The Labute approximate surface area is 108 Å². The van der Waals surface area contributed by atoms with Crippen molar-refractivity contribution in [2.24, 2.45) is 0 Å². The van der Waals surface area contributed by atoms with Crippen LogP contribution in [0.4, 0.5) is 0 Å². The number of ether oxygens (including phenoxy) is 1. The van der Waals surface area contributed by atoms with E-state index in [4.69, 9.17) is 0 Å². The van der Waals surface area contributed by atoms with E-state index < -0.39 is 0 Å². The smallest absolute Gasteiger partial charge is 0.339 e. The number of methoxy groups -OCH3 is 1. The minimum Gasteiger partial charge on any atom is -0.465 e. The molecule has 0 atom stereocenters. The second kappa shape index (κ2) is 5.48. The molecule has 1 aromatic rings. The highest BCUT2D eigenvalue weighted by atomic mass is 16.5. The van der Waals surface area contributed by atoms with Crippen LogP contribution in [0.3, 0.4) is 0 Å². The molecule has 2 rings (SSSR count). The number of carbonyl (C=O) groups excluding carboxylic acids is 1. The molecule has 1 N–H and O–H groups in total. The van der Waals surface area contributed by atoms with Gasteiger partial charge in [-0.3, -0.25) is 4.98 Å². The third-order valence-corrected chi connectivity index (χ3v) is 3.88. The topological polar surface area (TPSA) is 51.2 Å². The maximum absolute atomic E-state index is 11.3. The Morgan fingerprint density at radius 1 is 1.50 bits per heavy atom. The van der Waals surface area contributed by atoms with E-state index in [1.54, 1.807) is 12.3 Å². The number of rotatable bonds is 5. The highest BCUT2D eigenvalue weighted by Gasteiger charge is 2.34. The standard InChI is InChI=1S/C14H20N2O2/c1-3-14(7-4-8-14)16-10-12-6-5-11(9-15-12)13(17)18-2/h5-6,9,16H,3-4,7-8,10H2,1-2H3. The number of carbonyl (C=O) groups is 1. The molecule has 1 saturated carbocycles. The van der Waals surface area contributed by atoms with Crippen molar-refractivity contribution in [2.45, 2.75) is 44.7 Å². The molecule has 4 nitrogen and oxygen atoms in total. The van der Waals surface area contributed by atoms with Crippen LogP contribution in [0.15, 0.2) is 18.3 Å². The molecule has 0 aromatic carbocycles. The van der Waals surface area contributed by atoms with Gasteiger partial charge in [0, 0.05) is 18.3 Å². The summed E-state index contributed by atoms with van der Waals surface area (Å²) in [5.41, 5.74) is 1.78. The number of hydrogen-bond donors (Lipinski definition) is 1. The van der Waals surface area contributed by atoms with Crippen LogP contribution in [-0.4, -0.2) is 23.6 Å². The molecule has 18 heavy (non-hydrogen) atoms. The third kappa shape index (κ3) is 2.70. The quantitative estimate of drug-likeness (QED) is 0.812. The molecule has 0 spiro atoms. The first-order valence-corrected chi connectivity index (χ1v) is 6.47. The number of aromatic nitrogens is 1. The number of nitrogens with one attached hydrogen (secondary N) is 1. The van der Waals surface area contributed by atoms with Gasteiger partial charge < -0.3 is 10.1 Å². The lowest BCUT2D eigenvalue weighted by Gasteiger charge is -2.42. The fourth-order valence-corrected chi connectivity index (χ4v) is 2.30. The maximum Gasteiger partial charge on any atom is 0.339 e. The van der Waals surface area contributed by atoms with Crippen molar-refractivity contribution in [3.63, 3.8) is 0 Å². The van der Waals surface area contributed by atoms with Gasteiger partial charge in [0.25, 0.3) is 0 Å². The Kier molecular flexibility index (Phi) is 3.97. The summed E-state index contributed by atoms with van der Waals surface area (Å²) in [7, 11) is 1.37. The Morgan fingerprint density at radius 3 is 2.72 bits per heavy atom. The number of pyridine rings is 1. The van der Waals surface area contributed by atoms with Gasteiger partial charge in [-0.2, -0.15) is 0 Å². The lowest BCUT2D eigenvalue weighted by atomic mass is 9.75. The molecule has 0 amide bonds.